The van der Waals surface area contributed by atoms with E-state index in [9.17, 15) is 0 Å². The summed E-state index contributed by atoms with van der Waals surface area (Å²) < 4.78 is 4.72. The van der Waals surface area contributed by atoms with Gasteiger partial charge >= 0.3 is 0 Å². The van der Waals surface area contributed by atoms with E-state index in [1.807, 2.05) is 0 Å². The molecule has 0 atom stereocenters. The number of rotatable bonds is 0. The second-order valence-electron chi connectivity index (χ2n) is 3.05. The van der Waals surface area contributed by atoms with Gasteiger partial charge in [0.25, 0.3) is 0 Å². The van der Waals surface area contributed by atoms with Gasteiger partial charge in [0.15, 0.2) is 0 Å². The second-order valence-corrected chi connectivity index (χ2v) is 3.05. The largest absolute Gasteiger partial charge is 0.381 e. The Morgan fingerprint density at radius 2 is 1.33 bits per heavy atom. The first-order valence-electron chi connectivity index (χ1n) is 4.40. The molecule has 0 aromatic heterocycles. The fraction of sp³-hybridized carbons (Fsp3) is 0.455. The van der Waals surface area contributed by atoms with Gasteiger partial charge in [0.1, 0.15) is 0 Å². The third-order valence-electron chi connectivity index (χ3n) is 2.00. The highest BCUT2D eigenvalue weighted by atomic mass is 16.5. The molecule has 1 saturated heterocycles. The van der Waals surface area contributed by atoms with Crippen LogP contribution in [0.2, 0.25) is 0 Å². The van der Waals surface area contributed by atoms with Gasteiger partial charge in [0.05, 0.1) is 0 Å². The molecule has 0 aliphatic carbocycles. The summed E-state index contributed by atoms with van der Waals surface area (Å²) in [7, 11) is 0. The lowest BCUT2D eigenvalue weighted by Crippen LogP contribution is -2.09. The highest BCUT2D eigenvalue weighted by Gasteiger charge is 1.94. The molecule has 0 amide bonds. The summed E-state index contributed by atoms with van der Waals surface area (Å²) in [6.45, 7) is 6.24. The van der Waals surface area contributed by atoms with Gasteiger partial charge in [-0.15, -0.1) is 0 Å². The van der Waals surface area contributed by atoms with Gasteiger partial charge in [-0.1, -0.05) is 24.3 Å². The first-order valence-corrected chi connectivity index (χ1v) is 4.40. The van der Waals surface area contributed by atoms with Crippen molar-refractivity contribution in [3.8, 4) is 0 Å². The van der Waals surface area contributed by atoms with Crippen molar-refractivity contribution in [2.45, 2.75) is 20.3 Å². The summed E-state index contributed by atoms with van der Waals surface area (Å²) in [5, 5.41) is 0. The molecular formula is C11H16O. The highest BCUT2D eigenvalue weighted by molar-refractivity contribution is 5.23. The van der Waals surface area contributed by atoms with Crippen LogP contribution in [-0.4, -0.2) is 13.2 Å². The van der Waals surface area contributed by atoms with E-state index in [2.05, 4.69) is 38.1 Å². The van der Waals surface area contributed by atoms with Gasteiger partial charge < -0.3 is 4.74 Å². The summed E-state index contributed by atoms with van der Waals surface area (Å²) in [5.74, 6) is 0. The van der Waals surface area contributed by atoms with E-state index >= 15 is 0 Å². The average molecular weight is 164 g/mol. The van der Waals surface area contributed by atoms with E-state index in [1.165, 1.54) is 17.5 Å². The fourth-order valence-corrected chi connectivity index (χ4v) is 0.807. The van der Waals surface area contributed by atoms with Crippen LogP contribution in [0.25, 0.3) is 0 Å². The summed E-state index contributed by atoms with van der Waals surface area (Å²) >= 11 is 0. The fourth-order valence-electron chi connectivity index (χ4n) is 0.807. The van der Waals surface area contributed by atoms with Crippen LogP contribution in [0.5, 0.6) is 0 Å². The van der Waals surface area contributed by atoms with Crippen LogP contribution in [-0.2, 0) is 4.74 Å². The molecule has 12 heavy (non-hydrogen) atoms. The summed E-state index contributed by atoms with van der Waals surface area (Å²) in [4.78, 5) is 0. The molecule has 0 N–H and O–H groups in total. The van der Waals surface area contributed by atoms with Crippen LogP contribution in [0.1, 0.15) is 17.5 Å². The van der Waals surface area contributed by atoms with E-state index in [0.717, 1.165) is 13.2 Å². The Morgan fingerprint density at radius 3 is 1.50 bits per heavy atom. The zero-order chi connectivity index (χ0) is 8.81. The molecule has 1 aliphatic heterocycles. The van der Waals surface area contributed by atoms with Crippen LogP contribution in [0.4, 0.5) is 0 Å². The Labute approximate surface area is 74.4 Å². The van der Waals surface area contributed by atoms with Gasteiger partial charge in [-0.25, -0.2) is 0 Å². The third-order valence-corrected chi connectivity index (χ3v) is 2.00. The molecule has 1 aromatic rings. The van der Waals surface area contributed by atoms with Gasteiger partial charge in [-0.05, 0) is 31.4 Å². The van der Waals surface area contributed by atoms with Crippen LogP contribution in [0.3, 0.4) is 0 Å². The van der Waals surface area contributed by atoms with Crippen molar-refractivity contribution < 1.29 is 4.74 Å². The van der Waals surface area contributed by atoms with Crippen molar-refractivity contribution in [1.29, 1.82) is 0 Å². The number of benzene rings is 1. The van der Waals surface area contributed by atoms with Crippen LogP contribution >= 0.6 is 0 Å². The minimum atomic E-state index is 1.00. The lowest BCUT2D eigenvalue weighted by Gasteiger charge is -2.09. The highest BCUT2D eigenvalue weighted by Crippen LogP contribution is 2.02. The van der Waals surface area contributed by atoms with E-state index in [-0.39, 0.29) is 0 Å². The first-order chi connectivity index (χ1) is 5.80. The van der Waals surface area contributed by atoms with Crippen molar-refractivity contribution in [1.82, 2.24) is 0 Å². The molecule has 1 heteroatoms. The molecule has 0 radical (unpaired) electrons. The molecular weight excluding hydrogens is 148 g/mol. The van der Waals surface area contributed by atoms with Crippen LogP contribution in [0.15, 0.2) is 24.3 Å². The van der Waals surface area contributed by atoms with Crippen molar-refractivity contribution in [3.63, 3.8) is 0 Å². The molecule has 1 aliphatic rings. The number of hydrogen-bond acceptors (Lipinski definition) is 1. The maximum atomic E-state index is 4.72. The summed E-state index contributed by atoms with van der Waals surface area (Å²) in [6, 6.07) is 8.36. The molecule has 0 unspecified atom stereocenters. The predicted octanol–water partition coefficient (Wildman–Crippen LogP) is 2.71. The Bertz CT molecular complexity index is 201. The lowest BCUT2D eigenvalue weighted by atomic mass is 10.1. The minimum Gasteiger partial charge on any atom is -0.381 e. The molecule has 2 rings (SSSR count). The molecule has 1 heterocycles. The average Bonchev–Trinajstić information content (AvgIpc) is 1.92. The standard InChI is InChI=1S/C8H10.C3H6O/c1-7-5-3-4-6-8(7)2;1-2-4-3-1/h3-6H,1-2H3;1-3H2. The Hall–Kier alpha value is -0.820. The van der Waals surface area contributed by atoms with Gasteiger partial charge in [-0.2, -0.15) is 0 Å². The maximum absolute atomic E-state index is 4.72. The molecule has 1 fully saturated rings. The smallest absolute Gasteiger partial charge is 0.0488 e. The van der Waals surface area contributed by atoms with Crippen molar-refractivity contribution >= 4 is 0 Å². The Morgan fingerprint density at radius 1 is 1.00 bits per heavy atom. The topological polar surface area (TPSA) is 9.23 Å². The zero-order valence-electron chi connectivity index (χ0n) is 7.84. The quantitative estimate of drug-likeness (QED) is 0.573. The maximum Gasteiger partial charge on any atom is 0.0488 e. The van der Waals surface area contributed by atoms with Crippen LogP contribution < -0.4 is 0 Å². The van der Waals surface area contributed by atoms with E-state index in [4.69, 9.17) is 4.74 Å². The normalized spacial score (nSPS) is 14.2. The van der Waals surface area contributed by atoms with Crippen LogP contribution in [0, 0.1) is 13.8 Å². The first kappa shape index (κ1) is 9.27. The second kappa shape index (κ2) is 4.94. The van der Waals surface area contributed by atoms with E-state index in [1.54, 1.807) is 0 Å². The minimum absolute atomic E-state index is 1.00. The molecule has 0 saturated carbocycles. The summed E-state index contributed by atoms with van der Waals surface area (Å²) in [5.41, 5.74) is 2.74. The van der Waals surface area contributed by atoms with Gasteiger partial charge in [0.2, 0.25) is 0 Å². The number of ether oxygens (including phenoxy) is 1. The van der Waals surface area contributed by atoms with Gasteiger partial charge in [0, 0.05) is 13.2 Å². The van der Waals surface area contributed by atoms with Crippen molar-refractivity contribution in [2.24, 2.45) is 0 Å². The zero-order valence-corrected chi connectivity index (χ0v) is 7.84. The van der Waals surface area contributed by atoms with E-state index < -0.39 is 0 Å². The molecule has 0 bridgehead atoms. The Kier molecular flexibility index (Phi) is 3.81. The molecule has 66 valence electrons. The van der Waals surface area contributed by atoms with Gasteiger partial charge in [-0.3, -0.25) is 0 Å². The predicted molar refractivity (Wildman–Crippen MR) is 51.4 cm³/mol. The van der Waals surface area contributed by atoms with Crippen molar-refractivity contribution in [2.75, 3.05) is 13.2 Å². The lowest BCUT2D eigenvalue weighted by molar-refractivity contribution is 0.0367. The molecule has 0 spiro atoms. The number of hydrogen-bond donors (Lipinski definition) is 0. The van der Waals surface area contributed by atoms with E-state index in [0.29, 0.717) is 0 Å². The third kappa shape index (κ3) is 3.05. The SMILES string of the molecule is C1COC1.Cc1ccccc1C. The van der Waals surface area contributed by atoms with Crippen molar-refractivity contribution in [3.05, 3.63) is 35.4 Å². The summed E-state index contributed by atoms with van der Waals surface area (Å²) in [6.07, 6.45) is 1.28. The molecule has 1 aromatic carbocycles. The monoisotopic (exact) mass is 164 g/mol. The Balaban J connectivity index is 0.000000150. The molecule has 1 nitrogen and oxygen atoms in total. The number of aryl methyl sites for hydroxylation is 2.